The van der Waals surface area contributed by atoms with Gasteiger partial charge in [-0.05, 0) is 12.5 Å². The standard InChI is InChI=1S/C10H8F3N/c1-2-6(5-14)7-3-9(12)10(13)4-8(7)11/h3-4,6H,2H2,1H3. The number of nitriles is 1. The second kappa shape index (κ2) is 4.14. The monoisotopic (exact) mass is 199 g/mol. The van der Waals surface area contributed by atoms with E-state index in [2.05, 4.69) is 0 Å². The molecule has 0 aliphatic carbocycles. The molecular formula is C10H8F3N. The molecular weight excluding hydrogens is 191 g/mol. The van der Waals surface area contributed by atoms with Crippen LogP contribution in [-0.2, 0) is 0 Å². The van der Waals surface area contributed by atoms with Crippen molar-refractivity contribution in [2.75, 3.05) is 0 Å². The number of rotatable bonds is 2. The van der Waals surface area contributed by atoms with Crippen LogP contribution in [0.2, 0.25) is 0 Å². The fourth-order valence-electron chi connectivity index (χ4n) is 1.19. The molecule has 74 valence electrons. The van der Waals surface area contributed by atoms with Crippen molar-refractivity contribution in [3.63, 3.8) is 0 Å². The Hall–Kier alpha value is -1.50. The summed E-state index contributed by atoms with van der Waals surface area (Å²) in [6.45, 7) is 1.68. The van der Waals surface area contributed by atoms with E-state index < -0.39 is 23.4 Å². The first-order chi connectivity index (χ1) is 6.60. The summed E-state index contributed by atoms with van der Waals surface area (Å²) in [5.74, 6) is -3.98. The Kier molecular flexibility index (Phi) is 3.13. The molecule has 4 heteroatoms. The second-order valence-corrected chi connectivity index (χ2v) is 2.88. The van der Waals surface area contributed by atoms with E-state index >= 15 is 0 Å². The van der Waals surface area contributed by atoms with E-state index in [1.807, 2.05) is 6.07 Å². The first-order valence-electron chi connectivity index (χ1n) is 4.14. The first kappa shape index (κ1) is 10.6. The van der Waals surface area contributed by atoms with Crippen molar-refractivity contribution in [1.82, 2.24) is 0 Å². The molecule has 1 aromatic rings. The molecule has 1 aromatic carbocycles. The highest BCUT2D eigenvalue weighted by molar-refractivity contribution is 5.27. The molecule has 0 amide bonds. The smallest absolute Gasteiger partial charge is 0.161 e. The Balaban J connectivity index is 3.22. The van der Waals surface area contributed by atoms with E-state index in [9.17, 15) is 13.2 Å². The molecule has 1 unspecified atom stereocenters. The highest BCUT2D eigenvalue weighted by Crippen LogP contribution is 2.23. The number of hydrogen-bond donors (Lipinski definition) is 0. The van der Waals surface area contributed by atoms with Crippen LogP contribution < -0.4 is 0 Å². The number of benzene rings is 1. The van der Waals surface area contributed by atoms with Gasteiger partial charge in [0.2, 0.25) is 0 Å². The van der Waals surface area contributed by atoms with Gasteiger partial charge in [-0.3, -0.25) is 0 Å². The van der Waals surface area contributed by atoms with Crippen LogP contribution in [0.3, 0.4) is 0 Å². The van der Waals surface area contributed by atoms with E-state index in [-0.39, 0.29) is 5.56 Å². The normalized spacial score (nSPS) is 12.2. The predicted octanol–water partition coefficient (Wildman–Crippen LogP) is 3.12. The summed E-state index contributed by atoms with van der Waals surface area (Å²) >= 11 is 0. The SMILES string of the molecule is CCC(C#N)c1cc(F)c(F)cc1F. The van der Waals surface area contributed by atoms with Crippen LogP contribution in [0.4, 0.5) is 13.2 Å². The minimum absolute atomic E-state index is 0.0890. The number of hydrogen-bond acceptors (Lipinski definition) is 1. The zero-order valence-corrected chi connectivity index (χ0v) is 7.52. The van der Waals surface area contributed by atoms with Gasteiger partial charge in [0.1, 0.15) is 5.82 Å². The minimum Gasteiger partial charge on any atom is -0.207 e. The molecule has 0 spiro atoms. The topological polar surface area (TPSA) is 23.8 Å². The van der Waals surface area contributed by atoms with Gasteiger partial charge in [-0.2, -0.15) is 5.26 Å². The fourth-order valence-corrected chi connectivity index (χ4v) is 1.19. The third kappa shape index (κ3) is 1.87. The summed E-state index contributed by atoms with van der Waals surface area (Å²) in [6.07, 6.45) is 0.360. The largest absolute Gasteiger partial charge is 0.207 e. The summed E-state index contributed by atoms with van der Waals surface area (Å²) in [5.41, 5.74) is -0.0890. The Morgan fingerprint density at radius 3 is 2.29 bits per heavy atom. The summed E-state index contributed by atoms with van der Waals surface area (Å²) in [7, 11) is 0. The van der Waals surface area contributed by atoms with Crippen molar-refractivity contribution >= 4 is 0 Å². The van der Waals surface area contributed by atoms with E-state index in [4.69, 9.17) is 5.26 Å². The van der Waals surface area contributed by atoms with Crippen molar-refractivity contribution < 1.29 is 13.2 Å². The van der Waals surface area contributed by atoms with Crippen LogP contribution in [0.15, 0.2) is 12.1 Å². The van der Waals surface area contributed by atoms with Crippen LogP contribution in [0, 0.1) is 28.8 Å². The minimum atomic E-state index is -1.24. The molecule has 0 heterocycles. The van der Waals surface area contributed by atoms with E-state index in [1.54, 1.807) is 6.92 Å². The van der Waals surface area contributed by atoms with Crippen LogP contribution in [0.5, 0.6) is 0 Å². The molecule has 1 rings (SSSR count). The van der Waals surface area contributed by atoms with Gasteiger partial charge in [-0.1, -0.05) is 6.92 Å². The van der Waals surface area contributed by atoms with E-state index in [1.165, 1.54) is 0 Å². The van der Waals surface area contributed by atoms with Gasteiger partial charge < -0.3 is 0 Å². The lowest BCUT2D eigenvalue weighted by atomic mass is 9.97. The lowest BCUT2D eigenvalue weighted by molar-refractivity contribution is 0.487. The van der Waals surface area contributed by atoms with Gasteiger partial charge >= 0.3 is 0 Å². The number of nitrogens with zero attached hydrogens (tertiary/aromatic N) is 1. The fraction of sp³-hybridized carbons (Fsp3) is 0.300. The van der Waals surface area contributed by atoms with Crippen LogP contribution >= 0.6 is 0 Å². The van der Waals surface area contributed by atoms with Crippen molar-refractivity contribution in [2.24, 2.45) is 0 Å². The van der Waals surface area contributed by atoms with Crippen molar-refractivity contribution in [1.29, 1.82) is 5.26 Å². The summed E-state index contributed by atoms with van der Waals surface area (Å²) in [5, 5.41) is 8.63. The Labute approximate surface area is 79.8 Å². The molecule has 14 heavy (non-hydrogen) atoms. The van der Waals surface area contributed by atoms with Gasteiger partial charge in [0.15, 0.2) is 11.6 Å². The third-order valence-corrected chi connectivity index (χ3v) is 1.98. The van der Waals surface area contributed by atoms with Gasteiger partial charge in [0.05, 0.1) is 12.0 Å². The molecule has 0 saturated heterocycles. The predicted molar refractivity (Wildman–Crippen MR) is 45.0 cm³/mol. The van der Waals surface area contributed by atoms with Crippen LogP contribution in [0.1, 0.15) is 24.8 Å². The molecule has 0 N–H and O–H groups in total. The van der Waals surface area contributed by atoms with Gasteiger partial charge in [0.25, 0.3) is 0 Å². The average molecular weight is 199 g/mol. The molecule has 0 radical (unpaired) electrons. The van der Waals surface area contributed by atoms with Gasteiger partial charge in [-0.15, -0.1) is 0 Å². The van der Waals surface area contributed by atoms with Gasteiger partial charge in [0, 0.05) is 11.6 Å². The van der Waals surface area contributed by atoms with E-state index in [0.717, 1.165) is 6.07 Å². The zero-order chi connectivity index (χ0) is 10.7. The third-order valence-electron chi connectivity index (χ3n) is 1.98. The summed E-state index contributed by atoms with van der Waals surface area (Å²) in [4.78, 5) is 0. The van der Waals surface area contributed by atoms with Crippen LogP contribution in [0.25, 0.3) is 0 Å². The van der Waals surface area contributed by atoms with Gasteiger partial charge in [-0.25, -0.2) is 13.2 Å². The average Bonchev–Trinajstić information content (AvgIpc) is 2.15. The highest BCUT2D eigenvalue weighted by Gasteiger charge is 2.16. The first-order valence-corrected chi connectivity index (χ1v) is 4.14. The molecule has 0 aromatic heterocycles. The maximum absolute atomic E-state index is 13.1. The van der Waals surface area contributed by atoms with E-state index in [0.29, 0.717) is 12.5 Å². The zero-order valence-electron chi connectivity index (χ0n) is 7.52. The maximum Gasteiger partial charge on any atom is 0.161 e. The quantitative estimate of drug-likeness (QED) is 0.671. The Morgan fingerprint density at radius 1 is 1.21 bits per heavy atom. The van der Waals surface area contributed by atoms with Crippen LogP contribution in [-0.4, -0.2) is 0 Å². The molecule has 0 aliphatic rings. The Bertz CT molecular complexity index is 382. The molecule has 1 atom stereocenters. The molecule has 0 bridgehead atoms. The van der Waals surface area contributed by atoms with Crippen molar-refractivity contribution in [3.8, 4) is 6.07 Å². The lowest BCUT2D eigenvalue weighted by Gasteiger charge is -2.07. The summed E-state index contributed by atoms with van der Waals surface area (Å²) in [6, 6.07) is 3.03. The Morgan fingerprint density at radius 2 is 1.79 bits per heavy atom. The molecule has 0 saturated carbocycles. The molecule has 0 aliphatic heterocycles. The molecule has 1 nitrogen and oxygen atoms in total. The highest BCUT2D eigenvalue weighted by atomic mass is 19.2. The number of halogens is 3. The summed E-state index contributed by atoms with van der Waals surface area (Å²) < 4.78 is 38.4. The van der Waals surface area contributed by atoms with Crippen molar-refractivity contribution in [2.45, 2.75) is 19.3 Å². The van der Waals surface area contributed by atoms with Crippen molar-refractivity contribution in [3.05, 3.63) is 35.1 Å². The maximum atomic E-state index is 13.1. The second-order valence-electron chi connectivity index (χ2n) is 2.88. The molecule has 0 fully saturated rings. The lowest BCUT2D eigenvalue weighted by Crippen LogP contribution is -2.00.